The Balaban J connectivity index is 1.98. The maximum Gasteiger partial charge on any atom is 0.416 e. The number of nitrogens with one attached hydrogen (secondary N) is 1. The van der Waals surface area contributed by atoms with E-state index < -0.39 is 11.7 Å². The van der Waals surface area contributed by atoms with Crippen LogP contribution >= 0.6 is 0 Å². The summed E-state index contributed by atoms with van der Waals surface area (Å²) in [6.07, 6.45) is -4.37. The van der Waals surface area contributed by atoms with Gasteiger partial charge in [-0.3, -0.25) is 0 Å². The van der Waals surface area contributed by atoms with Gasteiger partial charge >= 0.3 is 6.18 Å². The molecule has 1 aliphatic rings. The van der Waals surface area contributed by atoms with Gasteiger partial charge in [0.2, 0.25) is 0 Å². The summed E-state index contributed by atoms with van der Waals surface area (Å²) in [4.78, 5) is 10.9. The van der Waals surface area contributed by atoms with Crippen LogP contribution in [0.25, 0.3) is 11.4 Å². The average Bonchev–Trinajstić information content (AvgIpc) is 2.54. The Morgan fingerprint density at radius 1 is 1.09 bits per heavy atom. The number of halogens is 3. The van der Waals surface area contributed by atoms with E-state index in [1.54, 1.807) is 6.07 Å². The lowest BCUT2D eigenvalue weighted by molar-refractivity contribution is -0.137. The Kier molecular flexibility index (Phi) is 4.21. The molecule has 23 heavy (non-hydrogen) atoms. The number of nitrogens with zero attached hydrogens (tertiary/aromatic N) is 3. The highest BCUT2D eigenvalue weighted by Gasteiger charge is 2.30. The topological polar surface area (TPSA) is 41.0 Å². The molecule has 1 fully saturated rings. The predicted molar refractivity (Wildman–Crippen MR) is 82.3 cm³/mol. The van der Waals surface area contributed by atoms with Gasteiger partial charge in [-0.15, -0.1) is 0 Å². The molecule has 4 nitrogen and oxygen atoms in total. The van der Waals surface area contributed by atoms with Crippen LogP contribution < -0.4 is 10.2 Å². The third kappa shape index (κ3) is 3.61. The van der Waals surface area contributed by atoms with E-state index in [4.69, 9.17) is 0 Å². The van der Waals surface area contributed by atoms with Crippen molar-refractivity contribution in [1.29, 1.82) is 0 Å². The summed E-state index contributed by atoms with van der Waals surface area (Å²) in [5.41, 5.74) is 0.421. The van der Waals surface area contributed by atoms with Crippen molar-refractivity contribution in [2.45, 2.75) is 13.1 Å². The third-order valence-corrected chi connectivity index (χ3v) is 3.73. The van der Waals surface area contributed by atoms with Crippen LogP contribution in [-0.2, 0) is 6.18 Å². The van der Waals surface area contributed by atoms with Crippen molar-refractivity contribution in [3.05, 3.63) is 41.6 Å². The fraction of sp³-hybridized carbons (Fsp3) is 0.375. The molecule has 7 heteroatoms. The molecule has 1 aromatic heterocycles. The Morgan fingerprint density at radius 2 is 1.83 bits per heavy atom. The number of alkyl halides is 3. The number of anilines is 1. The highest BCUT2D eigenvalue weighted by atomic mass is 19.4. The van der Waals surface area contributed by atoms with Crippen LogP contribution in [0.5, 0.6) is 0 Å². The minimum atomic E-state index is -4.37. The smallest absolute Gasteiger partial charge is 0.354 e. The molecule has 2 heterocycles. The van der Waals surface area contributed by atoms with Gasteiger partial charge in [0.05, 0.1) is 5.56 Å². The van der Waals surface area contributed by atoms with Crippen molar-refractivity contribution in [3.63, 3.8) is 0 Å². The van der Waals surface area contributed by atoms with Crippen molar-refractivity contribution in [3.8, 4) is 11.4 Å². The van der Waals surface area contributed by atoms with E-state index in [-0.39, 0.29) is 0 Å². The van der Waals surface area contributed by atoms with Crippen molar-refractivity contribution in [2.75, 3.05) is 31.1 Å². The van der Waals surface area contributed by atoms with E-state index in [0.717, 1.165) is 49.8 Å². The minimum absolute atomic E-state index is 0.324. The lowest BCUT2D eigenvalue weighted by Gasteiger charge is -2.28. The van der Waals surface area contributed by atoms with Crippen molar-refractivity contribution in [1.82, 2.24) is 15.3 Å². The summed E-state index contributed by atoms with van der Waals surface area (Å²) < 4.78 is 38.6. The summed E-state index contributed by atoms with van der Waals surface area (Å²) in [6, 6.07) is 7.00. The molecule has 1 saturated heterocycles. The molecule has 0 amide bonds. The number of benzene rings is 1. The molecule has 0 unspecified atom stereocenters. The molecule has 2 aromatic rings. The second-order valence-electron chi connectivity index (χ2n) is 5.51. The lowest BCUT2D eigenvalue weighted by atomic mass is 10.1. The molecule has 122 valence electrons. The monoisotopic (exact) mass is 322 g/mol. The first-order valence-electron chi connectivity index (χ1n) is 7.42. The zero-order valence-corrected chi connectivity index (χ0v) is 12.7. The van der Waals surface area contributed by atoms with Gasteiger partial charge in [0.15, 0.2) is 5.82 Å². The number of hydrogen-bond donors (Lipinski definition) is 1. The number of aryl methyl sites for hydroxylation is 1. The molecular formula is C16H17F3N4. The summed E-state index contributed by atoms with van der Waals surface area (Å²) in [5.74, 6) is 1.08. The van der Waals surface area contributed by atoms with E-state index in [9.17, 15) is 13.2 Å². The Hall–Kier alpha value is -2.15. The normalized spacial score (nSPS) is 15.7. The summed E-state index contributed by atoms with van der Waals surface area (Å²) in [6.45, 7) is 5.19. The Labute approximate surface area is 132 Å². The van der Waals surface area contributed by atoms with Gasteiger partial charge in [-0.05, 0) is 19.1 Å². The largest absolute Gasteiger partial charge is 0.416 e. The van der Waals surface area contributed by atoms with Gasteiger partial charge in [-0.2, -0.15) is 13.2 Å². The first kappa shape index (κ1) is 15.7. The van der Waals surface area contributed by atoms with Crippen LogP contribution in [0.4, 0.5) is 19.0 Å². The van der Waals surface area contributed by atoms with Crippen molar-refractivity contribution < 1.29 is 13.2 Å². The van der Waals surface area contributed by atoms with Crippen LogP contribution in [0.3, 0.4) is 0 Å². The maximum absolute atomic E-state index is 12.9. The first-order valence-corrected chi connectivity index (χ1v) is 7.42. The van der Waals surface area contributed by atoms with Crippen LogP contribution in [0.15, 0.2) is 30.3 Å². The van der Waals surface area contributed by atoms with Gasteiger partial charge in [-0.25, -0.2) is 9.97 Å². The quantitative estimate of drug-likeness (QED) is 0.923. The lowest BCUT2D eigenvalue weighted by Crippen LogP contribution is -2.44. The van der Waals surface area contributed by atoms with Gasteiger partial charge in [0.1, 0.15) is 5.82 Å². The molecule has 0 spiro atoms. The third-order valence-electron chi connectivity index (χ3n) is 3.73. The van der Waals surface area contributed by atoms with E-state index in [0.29, 0.717) is 11.4 Å². The van der Waals surface area contributed by atoms with Crippen LogP contribution in [0.1, 0.15) is 11.3 Å². The standard InChI is InChI=1S/C16H17F3N4/c1-11-9-14(23-7-5-20-6-8-23)22-15(21-11)12-3-2-4-13(10-12)16(17,18)19/h2-4,9-10,20H,5-8H2,1H3. The zero-order valence-electron chi connectivity index (χ0n) is 12.7. The number of hydrogen-bond acceptors (Lipinski definition) is 4. The van der Waals surface area contributed by atoms with Crippen LogP contribution in [0.2, 0.25) is 0 Å². The highest BCUT2D eigenvalue weighted by molar-refractivity contribution is 5.59. The fourth-order valence-corrected chi connectivity index (χ4v) is 2.57. The zero-order chi connectivity index (χ0) is 16.4. The van der Waals surface area contributed by atoms with Crippen molar-refractivity contribution >= 4 is 5.82 Å². The molecule has 1 N–H and O–H groups in total. The molecule has 0 aliphatic carbocycles. The van der Waals surface area contributed by atoms with E-state index in [1.807, 2.05) is 13.0 Å². The van der Waals surface area contributed by atoms with E-state index in [1.165, 1.54) is 6.07 Å². The molecule has 1 aliphatic heterocycles. The second-order valence-corrected chi connectivity index (χ2v) is 5.51. The van der Waals surface area contributed by atoms with Gasteiger partial charge < -0.3 is 10.2 Å². The molecule has 0 bridgehead atoms. The van der Waals surface area contributed by atoms with Crippen LogP contribution in [-0.4, -0.2) is 36.1 Å². The minimum Gasteiger partial charge on any atom is -0.354 e. The molecule has 0 radical (unpaired) electrons. The van der Waals surface area contributed by atoms with Crippen molar-refractivity contribution in [2.24, 2.45) is 0 Å². The predicted octanol–water partition coefficient (Wildman–Crippen LogP) is 2.88. The summed E-state index contributed by atoms with van der Waals surface area (Å²) in [5, 5.41) is 3.26. The Morgan fingerprint density at radius 3 is 2.52 bits per heavy atom. The summed E-state index contributed by atoms with van der Waals surface area (Å²) in [7, 11) is 0. The molecule has 3 rings (SSSR count). The number of piperazine rings is 1. The number of rotatable bonds is 2. The average molecular weight is 322 g/mol. The molecule has 0 atom stereocenters. The number of aromatic nitrogens is 2. The highest BCUT2D eigenvalue weighted by Crippen LogP contribution is 2.31. The summed E-state index contributed by atoms with van der Waals surface area (Å²) >= 11 is 0. The second kappa shape index (κ2) is 6.16. The fourth-order valence-electron chi connectivity index (χ4n) is 2.57. The van der Waals surface area contributed by atoms with Crippen LogP contribution in [0, 0.1) is 6.92 Å². The maximum atomic E-state index is 12.9. The van der Waals surface area contributed by atoms with E-state index in [2.05, 4.69) is 20.2 Å². The SMILES string of the molecule is Cc1cc(N2CCNCC2)nc(-c2cccc(C(F)(F)F)c2)n1. The van der Waals surface area contributed by atoms with Gasteiger partial charge in [-0.1, -0.05) is 12.1 Å². The molecular weight excluding hydrogens is 305 g/mol. The van der Waals surface area contributed by atoms with Gasteiger partial charge in [0.25, 0.3) is 0 Å². The molecule has 1 aromatic carbocycles. The Bertz CT molecular complexity index is 694. The first-order chi connectivity index (χ1) is 10.9. The van der Waals surface area contributed by atoms with Gasteiger partial charge in [0, 0.05) is 43.5 Å². The van der Waals surface area contributed by atoms with E-state index >= 15 is 0 Å². The molecule has 0 saturated carbocycles.